The number of aliphatic hydroxyl groups is 6. The highest BCUT2D eigenvalue weighted by molar-refractivity contribution is 6.53. The molecule has 2 aromatic carbocycles. The Labute approximate surface area is 327 Å². The van der Waals surface area contributed by atoms with Gasteiger partial charge in [-0.3, -0.25) is 34.2 Å². The summed E-state index contributed by atoms with van der Waals surface area (Å²) in [5.74, 6) is -9.05. The molecule has 0 unspecified atom stereocenters. The first kappa shape index (κ1) is 44.4. The highest BCUT2D eigenvalue weighted by atomic mass is 35.5. The van der Waals surface area contributed by atoms with Crippen LogP contribution in [0.5, 0.6) is 5.75 Å². The standard InChI is InChI=1S/C22H23ClN2O8.C11H12Cl2N2O5.ClH/c1-21(32)7-6-8-15(25(2)3)17(28)13(20(24)31)19(30)22(8,33)18(29)11(7)16(27)12-10(26)5-4-9(23)14(12)21;12-10(13)11(18)14-8(5-16)9(17)6-1-3-7(4-2-6)15(19)20;/h4-5,7-8,15,26-27,30,32-33H,6H2,1-3H3,(H2,24,31);1-4,8-10,16-17H,5H2,(H,14,18);1H/t7-,8-,15-,21-,22-;8-,9-;/m01./s1. The van der Waals surface area contributed by atoms with Crippen LogP contribution in [-0.2, 0) is 24.8 Å². The largest absolute Gasteiger partial charge is 0.508 e. The normalized spacial score (nSPS) is 25.7. The Bertz CT molecular complexity index is 1940. The lowest BCUT2D eigenvalue weighted by atomic mass is 9.54. The summed E-state index contributed by atoms with van der Waals surface area (Å²) in [7, 11) is 2.97. The Morgan fingerprint density at radius 3 is 2.15 bits per heavy atom. The molecule has 0 aromatic heterocycles. The van der Waals surface area contributed by atoms with Crippen LogP contribution in [0.3, 0.4) is 0 Å². The molecular weight excluding hydrogens is 802 g/mol. The number of nitrogens with zero attached hydrogens (tertiary/aromatic N) is 2. The molecular formula is C33H36Cl4N4O13. The number of likely N-dealkylation sites (N-methyl/N-ethyl adjacent to an activating group) is 1. The molecule has 1 saturated carbocycles. The molecule has 0 bridgehead atoms. The van der Waals surface area contributed by atoms with E-state index in [9.17, 15) is 59.9 Å². The smallest absolute Gasteiger partial charge is 0.269 e. The van der Waals surface area contributed by atoms with Crippen molar-refractivity contribution < 1.29 is 59.8 Å². The molecule has 7 atom stereocenters. The molecule has 1 fully saturated rings. The van der Waals surface area contributed by atoms with Gasteiger partial charge in [-0.05, 0) is 57.3 Å². The van der Waals surface area contributed by atoms with Crippen molar-refractivity contribution in [2.45, 2.75) is 47.6 Å². The highest BCUT2D eigenvalue weighted by Gasteiger charge is 2.66. The van der Waals surface area contributed by atoms with Gasteiger partial charge in [-0.25, -0.2) is 0 Å². The lowest BCUT2D eigenvalue weighted by molar-refractivity contribution is -0.384. The van der Waals surface area contributed by atoms with E-state index >= 15 is 0 Å². The molecule has 3 aliphatic carbocycles. The first-order chi connectivity index (χ1) is 24.5. The molecule has 5 rings (SSSR count). The molecule has 0 aliphatic heterocycles. The van der Waals surface area contributed by atoms with E-state index in [0.717, 1.165) is 0 Å². The number of amides is 2. The van der Waals surface area contributed by atoms with E-state index in [2.05, 4.69) is 5.32 Å². The number of phenolic OH excluding ortho intramolecular Hbond substituents is 1. The number of nitro groups is 1. The number of nitrogens with one attached hydrogen (secondary N) is 1. The summed E-state index contributed by atoms with van der Waals surface area (Å²) in [6.07, 6.45) is -1.51. The fourth-order valence-electron chi connectivity index (χ4n) is 7.07. The van der Waals surface area contributed by atoms with E-state index in [1.54, 1.807) is 0 Å². The lowest BCUT2D eigenvalue weighted by Gasteiger charge is -2.53. The van der Waals surface area contributed by atoms with Gasteiger partial charge < -0.3 is 46.8 Å². The van der Waals surface area contributed by atoms with Crippen LogP contribution >= 0.6 is 47.2 Å². The number of nitrogens with two attached hydrogens (primary N) is 1. The molecule has 21 heteroatoms. The number of rotatable bonds is 8. The summed E-state index contributed by atoms with van der Waals surface area (Å²) >= 11 is 17.0. The zero-order valence-corrected chi connectivity index (χ0v) is 31.5. The minimum absolute atomic E-state index is 0. The third kappa shape index (κ3) is 7.47. The second-order valence-corrected chi connectivity index (χ2v) is 14.5. The Morgan fingerprint density at radius 2 is 1.67 bits per heavy atom. The van der Waals surface area contributed by atoms with Gasteiger partial charge in [0.1, 0.15) is 28.9 Å². The minimum Gasteiger partial charge on any atom is -0.508 e. The predicted octanol–water partition coefficient (Wildman–Crippen LogP) is 1.61. The van der Waals surface area contributed by atoms with Gasteiger partial charge in [0.05, 0.1) is 34.8 Å². The van der Waals surface area contributed by atoms with E-state index in [1.807, 2.05) is 0 Å². The van der Waals surface area contributed by atoms with Crippen LogP contribution < -0.4 is 11.1 Å². The van der Waals surface area contributed by atoms with Crippen molar-refractivity contribution in [2.75, 3.05) is 20.7 Å². The number of ketones is 2. The second-order valence-electron chi connectivity index (χ2n) is 13.0. The van der Waals surface area contributed by atoms with E-state index in [-0.39, 0.29) is 40.7 Å². The van der Waals surface area contributed by atoms with Gasteiger partial charge in [0, 0.05) is 40.1 Å². The molecule has 10 N–H and O–H groups in total. The number of hydrogen-bond donors (Lipinski definition) is 9. The van der Waals surface area contributed by atoms with Crippen LogP contribution in [0.1, 0.15) is 36.1 Å². The van der Waals surface area contributed by atoms with E-state index in [0.29, 0.717) is 5.56 Å². The van der Waals surface area contributed by atoms with Crippen LogP contribution in [0.15, 0.2) is 53.3 Å². The topological polar surface area (TPSA) is 294 Å². The van der Waals surface area contributed by atoms with Gasteiger partial charge in [-0.1, -0.05) is 34.8 Å². The summed E-state index contributed by atoms with van der Waals surface area (Å²) in [6, 6.07) is 5.29. The number of benzene rings is 2. The van der Waals surface area contributed by atoms with Crippen molar-refractivity contribution in [1.29, 1.82) is 0 Å². The van der Waals surface area contributed by atoms with Gasteiger partial charge in [-0.15, -0.1) is 12.4 Å². The Kier molecular flexibility index (Phi) is 13.4. The maximum absolute atomic E-state index is 13.7. The van der Waals surface area contributed by atoms with Crippen LogP contribution in [0.4, 0.5) is 5.69 Å². The zero-order valence-electron chi connectivity index (χ0n) is 28.4. The third-order valence-corrected chi connectivity index (χ3v) is 10.3. The van der Waals surface area contributed by atoms with Crippen molar-refractivity contribution in [2.24, 2.45) is 17.6 Å². The maximum atomic E-state index is 13.7. The van der Waals surface area contributed by atoms with Gasteiger partial charge in [0.25, 0.3) is 17.5 Å². The molecule has 54 heavy (non-hydrogen) atoms. The number of phenols is 1. The van der Waals surface area contributed by atoms with Crippen molar-refractivity contribution in [3.8, 4) is 5.75 Å². The monoisotopic (exact) mass is 836 g/mol. The Hall–Kier alpha value is -4.04. The molecule has 3 aliphatic rings. The van der Waals surface area contributed by atoms with E-state index < -0.39 is 109 Å². The van der Waals surface area contributed by atoms with Crippen LogP contribution in [0, 0.1) is 22.0 Å². The van der Waals surface area contributed by atoms with Crippen molar-refractivity contribution in [3.05, 3.63) is 85.1 Å². The number of carbonyl (C=O) groups excluding carboxylic acids is 4. The third-order valence-electron chi connectivity index (χ3n) is 9.62. The summed E-state index contributed by atoms with van der Waals surface area (Å²) < 4.78 is 0. The van der Waals surface area contributed by atoms with Gasteiger partial charge in [0.15, 0.2) is 16.2 Å². The number of aliphatic hydroxyl groups excluding tert-OH is 4. The van der Waals surface area contributed by atoms with Crippen LogP contribution in [0.25, 0.3) is 5.76 Å². The van der Waals surface area contributed by atoms with Crippen LogP contribution in [0.2, 0.25) is 5.02 Å². The fourth-order valence-corrected chi connectivity index (χ4v) is 7.55. The Morgan fingerprint density at radius 1 is 1.09 bits per heavy atom. The first-order valence-corrected chi connectivity index (χ1v) is 16.8. The van der Waals surface area contributed by atoms with E-state index in [1.165, 1.54) is 62.3 Å². The number of halogens is 4. The average molecular weight is 838 g/mol. The molecule has 294 valence electrons. The number of hydrogen-bond acceptors (Lipinski definition) is 14. The SMILES string of the molecule is CN(C)[C@@H]1C(=O)C(C(N)=O)=C(O)[C@@]2(O)C(=O)C3=C(O)c4c(O)ccc(Cl)c4[C@@](C)(O)[C@H]3C[C@@H]12.Cl.O=C(N[C@H](CO)[C@H](O)c1ccc([N+](=O)[O-])cc1)C(Cl)Cl. The van der Waals surface area contributed by atoms with Gasteiger partial charge in [0.2, 0.25) is 5.78 Å². The summed E-state index contributed by atoms with van der Waals surface area (Å²) in [5, 5.41) is 87.1. The molecule has 2 amide bonds. The number of fused-ring (bicyclic) bond motifs is 3. The summed E-state index contributed by atoms with van der Waals surface area (Å²) in [5.41, 5.74) is -0.935. The van der Waals surface area contributed by atoms with E-state index in [4.69, 9.17) is 45.6 Å². The lowest BCUT2D eigenvalue weighted by Crippen LogP contribution is -2.67. The number of Topliss-reactive ketones (excluding diaryl/α,β-unsaturated/α-hetero) is 2. The minimum atomic E-state index is -2.78. The van der Waals surface area contributed by atoms with Crippen molar-refractivity contribution in [1.82, 2.24) is 10.2 Å². The number of carbonyl (C=O) groups is 4. The average Bonchev–Trinajstić information content (AvgIpc) is 3.08. The quantitative estimate of drug-likeness (QED) is 0.0791. The molecule has 0 saturated heterocycles. The van der Waals surface area contributed by atoms with Crippen molar-refractivity contribution in [3.63, 3.8) is 0 Å². The fraction of sp³-hybridized carbons (Fsp3) is 0.394. The predicted molar refractivity (Wildman–Crippen MR) is 195 cm³/mol. The van der Waals surface area contributed by atoms with Crippen LogP contribution in [-0.4, -0.2) is 112 Å². The maximum Gasteiger partial charge on any atom is 0.269 e. The Balaban J connectivity index is 0.000000322. The second kappa shape index (κ2) is 16.4. The highest BCUT2D eigenvalue weighted by Crippen LogP contribution is 2.58. The molecule has 2 aromatic rings. The van der Waals surface area contributed by atoms with Gasteiger partial charge >= 0.3 is 0 Å². The molecule has 0 heterocycles. The zero-order chi connectivity index (χ0) is 40.1. The number of primary amides is 1. The van der Waals surface area contributed by atoms with Crippen molar-refractivity contribution >= 4 is 82.0 Å². The number of aromatic hydroxyl groups is 1. The summed E-state index contributed by atoms with van der Waals surface area (Å²) in [6.45, 7) is 0.788. The molecule has 0 spiro atoms. The first-order valence-electron chi connectivity index (χ1n) is 15.6. The molecule has 0 radical (unpaired) electrons. The molecule has 17 nitrogen and oxygen atoms in total. The summed E-state index contributed by atoms with van der Waals surface area (Å²) in [4.78, 5) is 60.0. The number of nitro benzene ring substituents is 1. The number of non-ortho nitro benzene ring substituents is 1. The number of alkyl halides is 2. The van der Waals surface area contributed by atoms with Gasteiger partial charge in [-0.2, -0.15) is 0 Å².